The molecule has 0 spiro atoms. The van der Waals surface area contributed by atoms with E-state index in [-0.39, 0.29) is 29.3 Å². The van der Waals surface area contributed by atoms with Crippen molar-refractivity contribution in [2.75, 3.05) is 6.61 Å². The molecule has 0 unspecified atom stereocenters. The third-order valence-corrected chi connectivity index (χ3v) is 3.13. The van der Waals surface area contributed by atoms with Crippen molar-refractivity contribution in [1.29, 1.82) is 0 Å². The molecule has 0 aliphatic rings. The van der Waals surface area contributed by atoms with Crippen molar-refractivity contribution in [2.45, 2.75) is 40.2 Å². The van der Waals surface area contributed by atoms with Gasteiger partial charge >= 0.3 is 5.97 Å². The maximum Gasteiger partial charge on any atom is 0.342 e. The zero-order chi connectivity index (χ0) is 15.3. The topological polar surface area (TPSA) is 68.3 Å². The van der Waals surface area contributed by atoms with Crippen LogP contribution in [0, 0.1) is 13.8 Å². The fourth-order valence-corrected chi connectivity index (χ4v) is 2.02. The van der Waals surface area contributed by atoms with E-state index in [1.54, 1.807) is 19.9 Å². The number of hydrogen-bond acceptors (Lipinski definition) is 4. The minimum atomic E-state index is -0.640. The van der Waals surface area contributed by atoms with Gasteiger partial charge in [0.2, 0.25) is 0 Å². The first-order valence-electron chi connectivity index (χ1n) is 6.45. The zero-order valence-corrected chi connectivity index (χ0v) is 12.9. The Morgan fingerprint density at radius 1 is 1.45 bits per heavy atom. The lowest BCUT2D eigenvalue weighted by atomic mass is 10.1. The van der Waals surface area contributed by atoms with Gasteiger partial charge in [0, 0.05) is 11.7 Å². The van der Waals surface area contributed by atoms with Gasteiger partial charge in [-0.3, -0.25) is 4.79 Å². The molecule has 0 aliphatic heterocycles. The van der Waals surface area contributed by atoms with E-state index >= 15 is 0 Å². The first kappa shape index (κ1) is 16.4. The number of ether oxygens (including phenoxy) is 1. The standard InChI is InChI=1S/C14H19ClN2O3/c1-5-9(3)16-11(18)7-20-14(19)12-8(2)6-10(4)17-13(12)15/h6,9H,5,7H2,1-4H3,(H,16,18)/t9-/m1/s1. The molecular formula is C14H19ClN2O3. The second kappa shape index (κ2) is 7.24. The van der Waals surface area contributed by atoms with Crippen molar-refractivity contribution < 1.29 is 14.3 Å². The molecule has 0 saturated heterocycles. The quantitative estimate of drug-likeness (QED) is 0.669. The van der Waals surface area contributed by atoms with Crippen LogP contribution in [0.2, 0.25) is 5.15 Å². The third-order valence-electron chi connectivity index (χ3n) is 2.86. The summed E-state index contributed by atoms with van der Waals surface area (Å²) >= 11 is 5.94. The predicted octanol–water partition coefficient (Wildman–Crippen LogP) is 2.42. The average molecular weight is 299 g/mol. The molecule has 20 heavy (non-hydrogen) atoms. The fraction of sp³-hybridized carbons (Fsp3) is 0.500. The predicted molar refractivity (Wildman–Crippen MR) is 76.9 cm³/mol. The third kappa shape index (κ3) is 4.49. The minimum Gasteiger partial charge on any atom is -0.452 e. The smallest absolute Gasteiger partial charge is 0.342 e. The van der Waals surface area contributed by atoms with Crippen molar-refractivity contribution in [3.05, 3.63) is 28.0 Å². The van der Waals surface area contributed by atoms with E-state index in [2.05, 4.69) is 10.3 Å². The van der Waals surface area contributed by atoms with Crippen LogP contribution in [0.3, 0.4) is 0 Å². The fourth-order valence-electron chi connectivity index (χ4n) is 1.66. The van der Waals surface area contributed by atoms with Crippen LogP contribution < -0.4 is 5.32 Å². The number of aromatic nitrogens is 1. The van der Waals surface area contributed by atoms with Gasteiger partial charge in [-0.2, -0.15) is 0 Å². The lowest BCUT2D eigenvalue weighted by molar-refractivity contribution is -0.124. The summed E-state index contributed by atoms with van der Waals surface area (Å²) in [6, 6.07) is 1.79. The van der Waals surface area contributed by atoms with Gasteiger partial charge in [0.1, 0.15) is 5.15 Å². The summed E-state index contributed by atoms with van der Waals surface area (Å²) in [6.45, 7) is 7.04. The van der Waals surface area contributed by atoms with E-state index in [0.29, 0.717) is 5.56 Å². The lowest BCUT2D eigenvalue weighted by Crippen LogP contribution is -2.35. The van der Waals surface area contributed by atoms with Gasteiger partial charge in [-0.05, 0) is 38.8 Å². The highest BCUT2D eigenvalue weighted by molar-refractivity contribution is 6.32. The van der Waals surface area contributed by atoms with Crippen LogP contribution in [0.15, 0.2) is 6.07 Å². The number of hydrogen-bond donors (Lipinski definition) is 1. The highest BCUT2D eigenvalue weighted by Gasteiger charge is 2.18. The SMILES string of the molecule is CC[C@@H](C)NC(=O)COC(=O)c1c(C)cc(C)nc1Cl. The minimum absolute atomic E-state index is 0.0487. The van der Waals surface area contributed by atoms with Crippen molar-refractivity contribution in [3.63, 3.8) is 0 Å². The highest BCUT2D eigenvalue weighted by atomic mass is 35.5. The molecule has 0 saturated carbocycles. The van der Waals surface area contributed by atoms with E-state index in [9.17, 15) is 9.59 Å². The van der Waals surface area contributed by atoms with E-state index in [1.165, 1.54) is 0 Å². The number of halogens is 1. The number of aryl methyl sites for hydroxylation is 2. The van der Waals surface area contributed by atoms with E-state index < -0.39 is 5.97 Å². The molecule has 0 aliphatic carbocycles. The van der Waals surface area contributed by atoms with Gasteiger partial charge < -0.3 is 10.1 Å². The van der Waals surface area contributed by atoms with Crippen LogP contribution >= 0.6 is 11.6 Å². The Bertz CT molecular complexity index is 494. The number of rotatable bonds is 5. The molecule has 1 rings (SSSR count). The maximum absolute atomic E-state index is 11.9. The number of pyridine rings is 1. The second-order valence-electron chi connectivity index (χ2n) is 4.70. The number of carbonyl (C=O) groups is 2. The van der Waals surface area contributed by atoms with Crippen LogP contribution in [0.25, 0.3) is 0 Å². The van der Waals surface area contributed by atoms with Gasteiger partial charge in [-0.1, -0.05) is 18.5 Å². The molecule has 1 amide bonds. The van der Waals surface area contributed by atoms with Gasteiger partial charge in [-0.25, -0.2) is 9.78 Å². The van der Waals surface area contributed by atoms with Gasteiger partial charge in [0.05, 0.1) is 5.56 Å². The monoisotopic (exact) mass is 298 g/mol. The zero-order valence-electron chi connectivity index (χ0n) is 12.1. The average Bonchev–Trinajstić information content (AvgIpc) is 2.34. The van der Waals surface area contributed by atoms with Gasteiger partial charge in [0.25, 0.3) is 5.91 Å². The number of amides is 1. The Hall–Kier alpha value is -1.62. The lowest BCUT2D eigenvalue weighted by Gasteiger charge is -2.12. The first-order valence-corrected chi connectivity index (χ1v) is 6.83. The molecule has 1 N–H and O–H groups in total. The molecule has 1 aromatic heterocycles. The molecule has 1 aromatic rings. The van der Waals surface area contributed by atoms with E-state index in [4.69, 9.17) is 16.3 Å². The number of esters is 1. The summed E-state index contributed by atoms with van der Waals surface area (Å²) < 4.78 is 4.96. The molecule has 6 heteroatoms. The second-order valence-corrected chi connectivity index (χ2v) is 5.06. The van der Waals surface area contributed by atoms with Crippen molar-refractivity contribution >= 4 is 23.5 Å². The molecule has 1 heterocycles. The molecular weight excluding hydrogens is 280 g/mol. The number of nitrogens with one attached hydrogen (secondary N) is 1. The molecule has 1 atom stereocenters. The normalized spacial score (nSPS) is 11.8. The maximum atomic E-state index is 11.9. The molecule has 0 fully saturated rings. The number of nitrogens with zero attached hydrogens (tertiary/aromatic N) is 1. The summed E-state index contributed by atoms with van der Waals surface area (Å²) in [6.07, 6.45) is 0.812. The van der Waals surface area contributed by atoms with Crippen LogP contribution in [0.1, 0.15) is 41.9 Å². The Kier molecular flexibility index (Phi) is 5.95. The molecule has 0 aromatic carbocycles. The molecule has 5 nitrogen and oxygen atoms in total. The summed E-state index contributed by atoms with van der Waals surface area (Å²) in [5.41, 5.74) is 1.60. The summed E-state index contributed by atoms with van der Waals surface area (Å²) in [5.74, 6) is -0.971. The van der Waals surface area contributed by atoms with Crippen LogP contribution in [0.4, 0.5) is 0 Å². The molecule has 110 valence electrons. The first-order chi connectivity index (χ1) is 9.35. The van der Waals surface area contributed by atoms with Gasteiger partial charge in [0.15, 0.2) is 6.61 Å². The Morgan fingerprint density at radius 2 is 2.10 bits per heavy atom. The van der Waals surface area contributed by atoms with Crippen LogP contribution in [-0.2, 0) is 9.53 Å². The highest BCUT2D eigenvalue weighted by Crippen LogP contribution is 2.19. The Morgan fingerprint density at radius 3 is 2.65 bits per heavy atom. The van der Waals surface area contributed by atoms with E-state index in [1.807, 2.05) is 13.8 Å². The Balaban J connectivity index is 2.66. The van der Waals surface area contributed by atoms with Crippen molar-refractivity contribution in [2.24, 2.45) is 0 Å². The van der Waals surface area contributed by atoms with E-state index in [0.717, 1.165) is 12.1 Å². The molecule has 0 bridgehead atoms. The van der Waals surface area contributed by atoms with Crippen LogP contribution in [0.5, 0.6) is 0 Å². The summed E-state index contributed by atoms with van der Waals surface area (Å²) in [4.78, 5) is 27.5. The number of carbonyl (C=O) groups excluding carboxylic acids is 2. The molecule has 0 radical (unpaired) electrons. The summed E-state index contributed by atoms with van der Waals surface area (Å²) in [7, 11) is 0. The van der Waals surface area contributed by atoms with Crippen molar-refractivity contribution in [3.8, 4) is 0 Å². The Labute approximate surface area is 123 Å². The van der Waals surface area contributed by atoms with Crippen molar-refractivity contribution in [1.82, 2.24) is 10.3 Å². The van der Waals surface area contributed by atoms with Gasteiger partial charge in [-0.15, -0.1) is 0 Å². The summed E-state index contributed by atoms with van der Waals surface area (Å²) in [5, 5.41) is 2.80. The largest absolute Gasteiger partial charge is 0.452 e. The van der Waals surface area contributed by atoms with Crippen LogP contribution in [-0.4, -0.2) is 29.5 Å².